The van der Waals surface area contributed by atoms with Gasteiger partial charge in [-0.05, 0) is 50.8 Å². The van der Waals surface area contributed by atoms with Gasteiger partial charge in [-0.1, -0.05) is 19.0 Å². The second kappa shape index (κ2) is 9.57. The summed E-state index contributed by atoms with van der Waals surface area (Å²) in [6.45, 7) is 8.49. The molecule has 0 atom stereocenters. The lowest BCUT2D eigenvalue weighted by molar-refractivity contribution is 0.0704. The van der Waals surface area contributed by atoms with Crippen molar-refractivity contribution in [1.29, 1.82) is 0 Å². The Balaban J connectivity index is 1.66. The molecule has 0 saturated carbocycles. The summed E-state index contributed by atoms with van der Waals surface area (Å²) in [5, 5.41) is 3.86. The number of nitrogens with zero attached hydrogens (tertiary/aromatic N) is 3. The molecule has 1 aliphatic heterocycles. The molecular formula is C21H29N3O4. The SMILES string of the molecule is CCCOc1ccc(C(=O)N2CCC(c3nc(C)no3)CC2)cc1OCCC. The summed E-state index contributed by atoms with van der Waals surface area (Å²) in [7, 11) is 0. The molecule has 0 N–H and O–H groups in total. The van der Waals surface area contributed by atoms with Crippen molar-refractivity contribution >= 4 is 5.91 Å². The number of carbonyl (C=O) groups is 1. The fourth-order valence-electron chi connectivity index (χ4n) is 3.29. The lowest BCUT2D eigenvalue weighted by atomic mass is 9.96. The average molecular weight is 387 g/mol. The Hall–Kier alpha value is -2.57. The van der Waals surface area contributed by atoms with Crippen molar-refractivity contribution in [3.63, 3.8) is 0 Å². The maximum absolute atomic E-state index is 13.0. The van der Waals surface area contributed by atoms with Crippen molar-refractivity contribution in [1.82, 2.24) is 15.0 Å². The zero-order valence-corrected chi connectivity index (χ0v) is 16.9. The second-order valence-corrected chi connectivity index (χ2v) is 7.10. The molecule has 1 saturated heterocycles. The molecule has 7 heteroatoms. The van der Waals surface area contributed by atoms with Crippen LogP contribution in [0.2, 0.25) is 0 Å². The number of aryl methyl sites for hydroxylation is 1. The molecule has 0 radical (unpaired) electrons. The summed E-state index contributed by atoms with van der Waals surface area (Å²) < 4.78 is 16.9. The molecule has 0 unspecified atom stereocenters. The summed E-state index contributed by atoms with van der Waals surface area (Å²) in [6.07, 6.45) is 3.46. The van der Waals surface area contributed by atoms with E-state index in [2.05, 4.69) is 24.0 Å². The number of amides is 1. The first-order valence-corrected chi connectivity index (χ1v) is 10.1. The highest BCUT2D eigenvalue weighted by Gasteiger charge is 2.28. The molecule has 1 fully saturated rings. The van der Waals surface area contributed by atoms with Crippen LogP contribution in [-0.2, 0) is 0 Å². The fourth-order valence-corrected chi connectivity index (χ4v) is 3.29. The third kappa shape index (κ3) is 4.82. The Kier molecular flexibility index (Phi) is 6.90. The number of hydrogen-bond donors (Lipinski definition) is 0. The number of rotatable bonds is 8. The summed E-state index contributed by atoms with van der Waals surface area (Å²) in [5.41, 5.74) is 0.627. The van der Waals surface area contributed by atoms with Crippen molar-refractivity contribution in [3.8, 4) is 11.5 Å². The minimum atomic E-state index is 0.0172. The average Bonchev–Trinajstić information content (AvgIpc) is 3.17. The first-order valence-electron chi connectivity index (χ1n) is 10.1. The van der Waals surface area contributed by atoms with Gasteiger partial charge in [-0.15, -0.1) is 0 Å². The molecule has 3 rings (SSSR count). The number of ether oxygens (including phenoxy) is 2. The van der Waals surface area contributed by atoms with Gasteiger partial charge in [0.25, 0.3) is 5.91 Å². The first kappa shape index (κ1) is 20.2. The standard InChI is InChI=1S/C21H29N3O4/c1-4-12-26-18-7-6-17(14-19(18)27-13-5-2)21(25)24-10-8-16(9-11-24)20-22-15(3)23-28-20/h6-7,14,16H,4-5,8-13H2,1-3H3. The quantitative estimate of drug-likeness (QED) is 0.682. The number of piperidine rings is 1. The van der Waals surface area contributed by atoms with Gasteiger partial charge in [0.1, 0.15) is 0 Å². The number of likely N-dealkylation sites (tertiary alicyclic amines) is 1. The zero-order valence-electron chi connectivity index (χ0n) is 16.9. The van der Waals surface area contributed by atoms with Crippen LogP contribution in [0.15, 0.2) is 22.7 Å². The Bertz CT molecular complexity index is 782. The Morgan fingerprint density at radius 2 is 1.82 bits per heavy atom. The largest absolute Gasteiger partial charge is 0.490 e. The van der Waals surface area contributed by atoms with Crippen LogP contribution < -0.4 is 9.47 Å². The molecule has 1 aromatic carbocycles. The molecule has 152 valence electrons. The maximum atomic E-state index is 13.0. The molecule has 0 spiro atoms. The van der Waals surface area contributed by atoms with E-state index in [-0.39, 0.29) is 11.8 Å². The van der Waals surface area contributed by atoms with Crippen molar-refractivity contribution in [2.45, 2.75) is 52.4 Å². The summed E-state index contributed by atoms with van der Waals surface area (Å²) >= 11 is 0. The van der Waals surface area contributed by atoms with Gasteiger partial charge in [-0.25, -0.2) is 0 Å². The maximum Gasteiger partial charge on any atom is 0.253 e. The van der Waals surface area contributed by atoms with Gasteiger partial charge in [0.2, 0.25) is 5.89 Å². The number of aromatic nitrogens is 2. The summed E-state index contributed by atoms with van der Waals surface area (Å²) in [4.78, 5) is 19.2. The topological polar surface area (TPSA) is 77.7 Å². The van der Waals surface area contributed by atoms with Gasteiger partial charge >= 0.3 is 0 Å². The number of carbonyl (C=O) groups excluding carboxylic acids is 1. The number of benzene rings is 1. The molecule has 1 aromatic heterocycles. The Morgan fingerprint density at radius 1 is 1.14 bits per heavy atom. The van der Waals surface area contributed by atoms with Crippen molar-refractivity contribution in [2.24, 2.45) is 0 Å². The van der Waals surface area contributed by atoms with Gasteiger partial charge in [-0.2, -0.15) is 4.98 Å². The van der Waals surface area contributed by atoms with E-state index in [4.69, 9.17) is 14.0 Å². The van der Waals surface area contributed by atoms with E-state index in [1.54, 1.807) is 6.07 Å². The van der Waals surface area contributed by atoms with Crippen LogP contribution in [0.3, 0.4) is 0 Å². The van der Waals surface area contributed by atoms with Gasteiger partial charge in [0.15, 0.2) is 17.3 Å². The van der Waals surface area contributed by atoms with Crippen LogP contribution in [0.1, 0.15) is 67.5 Å². The predicted molar refractivity (Wildman–Crippen MR) is 105 cm³/mol. The third-order valence-electron chi connectivity index (χ3n) is 4.79. The van der Waals surface area contributed by atoms with E-state index < -0.39 is 0 Å². The van der Waals surface area contributed by atoms with Gasteiger partial charge in [0.05, 0.1) is 13.2 Å². The van der Waals surface area contributed by atoms with Gasteiger partial charge in [0, 0.05) is 24.6 Å². The minimum Gasteiger partial charge on any atom is -0.490 e. The van der Waals surface area contributed by atoms with Crippen LogP contribution >= 0.6 is 0 Å². The molecule has 0 bridgehead atoms. The third-order valence-corrected chi connectivity index (χ3v) is 4.79. The lowest BCUT2D eigenvalue weighted by Crippen LogP contribution is -2.38. The van der Waals surface area contributed by atoms with Crippen LogP contribution in [0, 0.1) is 6.92 Å². The van der Waals surface area contributed by atoms with Crippen molar-refractivity contribution in [3.05, 3.63) is 35.5 Å². The second-order valence-electron chi connectivity index (χ2n) is 7.10. The van der Waals surface area contributed by atoms with Crippen LogP contribution in [0.5, 0.6) is 11.5 Å². The first-order chi connectivity index (χ1) is 13.6. The monoisotopic (exact) mass is 387 g/mol. The van der Waals surface area contributed by atoms with E-state index in [9.17, 15) is 4.79 Å². The van der Waals surface area contributed by atoms with Crippen LogP contribution in [0.25, 0.3) is 0 Å². The number of hydrogen-bond acceptors (Lipinski definition) is 6. The van der Waals surface area contributed by atoms with E-state index in [0.717, 1.165) is 25.7 Å². The highest BCUT2D eigenvalue weighted by molar-refractivity contribution is 5.95. The molecular weight excluding hydrogens is 358 g/mol. The normalized spacial score (nSPS) is 14.9. The van der Waals surface area contributed by atoms with Crippen molar-refractivity contribution in [2.75, 3.05) is 26.3 Å². The summed E-state index contributed by atoms with van der Waals surface area (Å²) in [6, 6.07) is 5.46. The van der Waals surface area contributed by atoms with Crippen LogP contribution in [-0.4, -0.2) is 47.3 Å². The highest BCUT2D eigenvalue weighted by atomic mass is 16.5. The van der Waals surface area contributed by atoms with E-state index in [1.807, 2.05) is 24.0 Å². The van der Waals surface area contributed by atoms with E-state index in [0.29, 0.717) is 55.1 Å². The van der Waals surface area contributed by atoms with Crippen LogP contribution in [0.4, 0.5) is 0 Å². The zero-order chi connectivity index (χ0) is 19.9. The minimum absolute atomic E-state index is 0.0172. The smallest absolute Gasteiger partial charge is 0.253 e. The predicted octanol–water partition coefficient (Wildman–Crippen LogP) is 3.98. The Labute approximate surface area is 166 Å². The molecule has 2 heterocycles. The van der Waals surface area contributed by atoms with E-state index in [1.165, 1.54) is 0 Å². The molecule has 1 amide bonds. The lowest BCUT2D eigenvalue weighted by Gasteiger charge is -2.30. The van der Waals surface area contributed by atoms with Gasteiger partial charge in [-0.3, -0.25) is 4.79 Å². The molecule has 1 aliphatic rings. The highest BCUT2D eigenvalue weighted by Crippen LogP contribution is 2.31. The fraction of sp³-hybridized carbons (Fsp3) is 0.571. The van der Waals surface area contributed by atoms with Crippen molar-refractivity contribution < 1.29 is 18.8 Å². The molecule has 2 aromatic rings. The van der Waals surface area contributed by atoms with Gasteiger partial charge < -0.3 is 18.9 Å². The molecule has 7 nitrogen and oxygen atoms in total. The molecule has 0 aliphatic carbocycles. The summed E-state index contributed by atoms with van der Waals surface area (Å²) in [5.74, 6) is 2.90. The molecule has 28 heavy (non-hydrogen) atoms. The Morgan fingerprint density at radius 3 is 2.43 bits per heavy atom. The van der Waals surface area contributed by atoms with E-state index >= 15 is 0 Å².